The van der Waals surface area contributed by atoms with Gasteiger partial charge in [0.2, 0.25) is 0 Å². The Morgan fingerprint density at radius 2 is 1.76 bits per heavy atom. The van der Waals surface area contributed by atoms with E-state index in [0.29, 0.717) is 13.0 Å². The minimum absolute atomic E-state index is 0.0186. The third-order valence-electron chi connectivity index (χ3n) is 8.27. The van der Waals surface area contributed by atoms with E-state index < -0.39 is 5.72 Å². The second-order valence-electron chi connectivity index (χ2n) is 9.91. The number of ether oxygens (including phenoxy) is 2. The Morgan fingerprint density at radius 1 is 1.06 bits per heavy atom. The predicted octanol–water partition coefficient (Wildman–Crippen LogP) is 4.09. The molecule has 3 aliphatic heterocycles. The van der Waals surface area contributed by atoms with E-state index in [4.69, 9.17) is 15.2 Å². The van der Waals surface area contributed by atoms with Gasteiger partial charge in [0.25, 0.3) is 5.91 Å². The minimum Gasteiger partial charge on any atom is -0.375 e. The van der Waals surface area contributed by atoms with E-state index in [1.807, 2.05) is 12.1 Å². The first kappa shape index (κ1) is 19.0. The standard InChI is InChI=1S/C27H24N4O3/c1-27-25(33-2)16(28)11-19(34-27)30-17-9-5-3-7-13(17)20-15-12-29-26(32)22(15)21-14-8-4-6-10-18(14)31(27)24(21)23(20)30/h3-10,16,19,25H,11-12,28H2,1-2H3,(H,29,32)/t16-,19-,25-,27+/m1/s1. The summed E-state index contributed by atoms with van der Waals surface area (Å²) in [4.78, 5) is 13.3. The first-order valence-corrected chi connectivity index (χ1v) is 11.8. The van der Waals surface area contributed by atoms with E-state index in [0.717, 1.165) is 54.7 Å². The Hall–Kier alpha value is -3.39. The largest absolute Gasteiger partial charge is 0.375 e. The van der Waals surface area contributed by atoms with Crippen LogP contribution < -0.4 is 11.1 Å². The van der Waals surface area contributed by atoms with Crippen LogP contribution in [-0.4, -0.2) is 34.3 Å². The molecule has 0 spiro atoms. The molecule has 1 saturated heterocycles. The van der Waals surface area contributed by atoms with Crippen LogP contribution in [0, 0.1) is 0 Å². The van der Waals surface area contributed by atoms with Gasteiger partial charge in [-0.05, 0) is 24.6 Å². The van der Waals surface area contributed by atoms with Gasteiger partial charge in [-0.25, -0.2) is 0 Å². The van der Waals surface area contributed by atoms with Crippen LogP contribution in [0.15, 0.2) is 48.5 Å². The molecular formula is C27H24N4O3. The van der Waals surface area contributed by atoms with Crippen LogP contribution in [0.25, 0.3) is 43.6 Å². The lowest BCUT2D eigenvalue weighted by Crippen LogP contribution is -2.59. The molecule has 0 radical (unpaired) electrons. The smallest absolute Gasteiger partial charge is 0.252 e. The van der Waals surface area contributed by atoms with Crippen molar-refractivity contribution in [1.82, 2.24) is 14.5 Å². The number of nitrogens with two attached hydrogens (primary N) is 1. The molecule has 34 heavy (non-hydrogen) atoms. The summed E-state index contributed by atoms with van der Waals surface area (Å²) in [5, 5.41) is 7.40. The molecule has 0 aliphatic carbocycles. The van der Waals surface area contributed by atoms with E-state index in [-0.39, 0.29) is 24.3 Å². The van der Waals surface area contributed by atoms with Crippen LogP contribution in [0.3, 0.4) is 0 Å². The fourth-order valence-corrected chi connectivity index (χ4v) is 7.12. The zero-order valence-electron chi connectivity index (χ0n) is 19.0. The van der Waals surface area contributed by atoms with Gasteiger partial charge >= 0.3 is 0 Å². The molecule has 8 rings (SSSR count). The molecule has 3 aliphatic rings. The van der Waals surface area contributed by atoms with Crippen LogP contribution in [0.4, 0.5) is 0 Å². The molecule has 0 saturated carbocycles. The highest BCUT2D eigenvalue weighted by molar-refractivity contribution is 6.31. The Morgan fingerprint density at radius 3 is 2.53 bits per heavy atom. The molecule has 2 bridgehead atoms. The van der Waals surface area contributed by atoms with E-state index in [2.05, 4.69) is 57.8 Å². The molecule has 1 fully saturated rings. The summed E-state index contributed by atoms with van der Waals surface area (Å²) in [7, 11) is 1.70. The number of benzene rings is 3. The molecule has 7 heteroatoms. The second kappa shape index (κ2) is 5.99. The lowest BCUT2D eigenvalue weighted by Gasteiger charge is -2.47. The summed E-state index contributed by atoms with van der Waals surface area (Å²) in [5.74, 6) is -0.0186. The van der Waals surface area contributed by atoms with Gasteiger partial charge in [-0.3, -0.25) is 4.79 Å². The maximum absolute atomic E-state index is 13.3. The van der Waals surface area contributed by atoms with Crippen molar-refractivity contribution in [3.8, 4) is 0 Å². The number of hydrogen-bond acceptors (Lipinski definition) is 4. The maximum atomic E-state index is 13.3. The van der Waals surface area contributed by atoms with Crippen LogP contribution in [0.2, 0.25) is 0 Å². The zero-order valence-corrected chi connectivity index (χ0v) is 19.0. The Bertz CT molecular complexity index is 1730. The molecule has 170 valence electrons. The zero-order chi connectivity index (χ0) is 22.9. The second-order valence-corrected chi connectivity index (χ2v) is 9.91. The van der Waals surface area contributed by atoms with E-state index >= 15 is 0 Å². The van der Waals surface area contributed by atoms with Gasteiger partial charge in [-0.2, -0.15) is 0 Å². The molecule has 2 aromatic heterocycles. The summed E-state index contributed by atoms with van der Waals surface area (Å²) in [5.41, 5.74) is 12.0. The fourth-order valence-electron chi connectivity index (χ4n) is 7.12. The van der Waals surface area contributed by atoms with Crippen molar-refractivity contribution in [3.05, 3.63) is 59.7 Å². The number of fused-ring (bicyclic) bond motifs is 13. The van der Waals surface area contributed by atoms with Crippen molar-refractivity contribution in [2.24, 2.45) is 5.73 Å². The molecule has 3 aromatic carbocycles. The number of nitrogens with one attached hydrogen (secondary N) is 1. The number of para-hydroxylation sites is 2. The molecule has 1 amide bonds. The molecule has 7 nitrogen and oxygen atoms in total. The van der Waals surface area contributed by atoms with Gasteiger partial charge < -0.3 is 29.7 Å². The Balaban J connectivity index is 1.75. The molecule has 5 heterocycles. The number of amides is 1. The maximum Gasteiger partial charge on any atom is 0.252 e. The number of hydrogen-bond donors (Lipinski definition) is 2. The summed E-state index contributed by atoms with van der Waals surface area (Å²) in [6.07, 6.45) is 0.0370. The first-order valence-electron chi connectivity index (χ1n) is 11.8. The summed E-state index contributed by atoms with van der Waals surface area (Å²) in [6, 6.07) is 16.5. The normalized spacial score (nSPS) is 27.7. The highest BCUT2D eigenvalue weighted by atomic mass is 16.6. The van der Waals surface area contributed by atoms with Gasteiger partial charge in [-0.1, -0.05) is 36.4 Å². The average Bonchev–Trinajstić information content (AvgIpc) is 3.46. The highest BCUT2D eigenvalue weighted by Crippen LogP contribution is 2.53. The number of carbonyl (C=O) groups excluding carboxylic acids is 1. The van der Waals surface area contributed by atoms with Crippen molar-refractivity contribution in [2.75, 3.05) is 7.11 Å². The van der Waals surface area contributed by atoms with Gasteiger partial charge in [0.15, 0.2) is 5.72 Å². The molecule has 5 aromatic rings. The lowest BCUT2D eigenvalue weighted by molar-refractivity contribution is -0.252. The third kappa shape index (κ3) is 1.92. The van der Waals surface area contributed by atoms with Crippen LogP contribution in [0.5, 0.6) is 0 Å². The topological polar surface area (TPSA) is 83.4 Å². The number of carbonyl (C=O) groups is 1. The van der Waals surface area contributed by atoms with Gasteiger partial charge in [0, 0.05) is 47.7 Å². The van der Waals surface area contributed by atoms with Crippen molar-refractivity contribution >= 4 is 49.5 Å². The van der Waals surface area contributed by atoms with Crippen LogP contribution in [-0.2, 0) is 21.7 Å². The molecule has 4 atom stereocenters. The van der Waals surface area contributed by atoms with Crippen LogP contribution >= 0.6 is 0 Å². The third-order valence-corrected chi connectivity index (χ3v) is 8.27. The van der Waals surface area contributed by atoms with Gasteiger partial charge in [0.1, 0.15) is 12.3 Å². The minimum atomic E-state index is -0.852. The van der Waals surface area contributed by atoms with Gasteiger partial charge in [0.05, 0.1) is 27.6 Å². The van der Waals surface area contributed by atoms with E-state index in [1.165, 1.54) is 0 Å². The summed E-state index contributed by atoms with van der Waals surface area (Å²) < 4.78 is 17.6. The number of nitrogens with zero attached hydrogens (tertiary/aromatic N) is 2. The molecular weight excluding hydrogens is 428 g/mol. The fraction of sp³-hybridized carbons (Fsp3) is 0.296. The summed E-state index contributed by atoms with van der Waals surface area (Å²) in [6.45, 7) is 2.60. The summed E-state index contributed by atoms with van der Waals surface area (Å²) >= 11 is 0. The number of aromatic nitrogens is 2. The quantitative estimate of drug-likeness (QED) is 0.401. The van der Waals surface area contributed by atoms with Crippen molar-refractivity contribution in [3.63, 3.8) is 0 Å². The van der Waals surface area contributed by atoms with Gasteiger partial charge in [-0.15, -0.1) is 0 Å². The monoisotopic (exact) mass is 452 g/mol. The first-order chi connectivity index (χ1) is 16.5. The van der Waals surface area contributed by atoms with E-state index in [9.17, 15) is 4.79 Å². The molecule has 0 unspecified atom stereocenters. The van der Waals surface area contributed by atoms with E-state index in [1.54, 1.807) is 7.11 Å². The Kier molecular flexibility index (Phi) is 3.34. The SMILES string of the molecule is CO[C@@H]1[C@H](N)C[C@H]2O[C@]1(C)n1c3ccccc3c3c4c(c5c6ccccc6n2c5c31)CNC4=O. The average molecular weight is 453 g/mol. The lowest BCUT2D eigenvalue weighted by atomic mass is 9.93. The number of methoxy groups -OCH3 is 1. The van der Waals surface area contributed by atoms with Crippen molar-refractivity contribution in [2.45, 2.75) is 44.0 Å². The Labute approximate surface area is 195 Å². The number of rotatable bonds is 1. The molecule has 3 N–H and O–H groups in total. The predicted molar refractivity (Wildman–Crippen MR) is 131 cm³/mol. The highest BCUT2D eigenvalue weighted by Gasteiger charge is 2.52. The van der Waals surface area contributed by atoms with Crippen molar-refractivity contribution in [1.29, 1.82) is 0 Å². The van der Waals surface area contributed by atoms with Crippen molar-refractivity contribution < 1.29 is 14.3 Å². The van der Waals surface area contributed by atoms with Crippen LogP contribution in [0.1, 0.15) is 35.5 Å².